The average Bonchev–Trinajstić information content (AvgIpc) is 3.59. The predicted molar refractivity (Wildman–Crippen MR) is 155 cm³/mol. The van der Waals surface area contributed by atoms with Crippen molar-refractivity contribution in [3.05, 3.63) is 53.9 Å². The largest absolute Gasteiger partial charge is 0.508 e. The fourth-order valence-electron chi connectivity index (χ4n) is 4.35. The van der Waals surface area contributed by atoms with Crippen molar-refractivity contribution in [3.8, 4) is 34.4 Å². The third-order valence-electron chi connectivity index (χ3n) is 6.66. The highest BCUT2D eigenvalue weighted by molar-refractivity contribution is 5.96. The molecule has 1 aromatic heterocycles. The Morgan fingerprint density at radius 2 is 1.82 bits per heavy atom. The van der Waals surface area contributed by atoms with Gasteiger partial charge in [0, 0.05) is 48.0 Å². The van der Waals surface area contributed by atoms with E-state index in [1.165, 1.54) is 12.1 Å². The van der Waals surface area contributed by atoms with Gasteiger partial charge in [-0.2, -0.15) is 5.10 Å². The molecule has 1 amide bonds. The van der Waals surface area contributed by atoms with Gasteiger partial charge in [0.05, 0.1) is 11.8 Å². The number of nitrogens with zero attached hydrogens (tertiary/aromatic N) is 3. The molecule has 15 nitrogen and oxygen atoms in total. The van der Waals surface area contributed by atoms with Crippen LogP contribution in [-0.4, -0.2) is 78.5 Å². The van der Waals surface area contributed by atoms with E-state index in [9.17, 15) is 24.6 Å². The minimum atomic E-state index is -1.26. The number of phenolic OH excluding ortho intramolecular Hbond substituents is 1. The lowest BCUT2D eigenvalue weighted by atomic mass is 9.99. The Morgan fingerprint density at radius 3 is 2.52 bits per heavy atom. The quantitative estimate of drug-likeness (QED) is 0.182. The Morgan fingerprint density at radius 1 is 1.11 bits per heavy atom. The van der Waals surface area contributed by atoms with E-state index < -0.39 is 18.0 Å². The third-order valence-corrected chi connectivity index (χ3v) is 6.66. The second kappa shape index (κ2) is 13.4. The summed E-state index contributed by atoms with van der Waals surface area (Å²) >= 11 is 0. The number of nitrogens with one attached hydrogen (secondary N) is 2. The highest BCUT2D eigenvalue weighted by Gasteiger charge is 2.26. The van der Waals surface area contributed by atoms with Crippen molar-refractivity contribution in [2.75, 3.05) is 25.3 Å². The van der Waals surface area contributed by atoms with Crippen LogP contribution in [0.2, 0.25) is 0 Å². The number of β-amino-alcohol motifs (C(OH)–C–C–N with tert-alkyl or cyclic N) is 1. The molecule has 0 aliphatic carbocycles. The standard InChI is InChI=1S/C25H29N5O6.C4H4O4/c1-14-27-24(15-4-5-20-21(8-15)36-13-35-20)29-30(14)7-6-25(2,3)26-11-19(32)17-9-16(31)10-18-23(17)34-12-22(33)28-18;5-3(6)1-2-4(7)8/h4-5,8-10,19,26,31-32H,6-7,11-13H2,1-3H3,(H,28,33);1-2H,(H,5,6)(H,7,8). The smallest absolute Gasteiger partial charge is 0.328 e. The van der Waals surface area contributed by atoms with Gasteiger partial charge in [-0.25, -0.2) is 19.3 Å². The summed E-state index contributed by atoms with van der Waals surface area (Å²) < 4.78 is 18.2. The second-order valence-electron chi connectivity index (χ2n) is 10.6. The van der Waals surface area contributed by atoms with Crippen molar-refractivity contribution in [2.45, 2.75) is 45.4 Å². The fourth-order valence-corrected chi connectivity index (χ4v) is 4.35. The zero-order chi connectivity index (χ0) is 32.0. The maximum atomic E-state index is 11.6. The Hall–Kier alpha value is -5.15. The first-order chi connectivity index (χ1) is 20.8. The van der Waals surface area contributed by atoms with Gasteiger partial charge < -0.3 is 45.3 Å². The lowest BCUT2D eigenvalue weighted by Crippen LogP contribution is -2.42. The molecule has 5 rings (SSSR count). The molecule has 3 heterocycles. The number of aliphatic hydroxyl groups excluding tert-OH is 1. The van der Waals surface area contributed by atoms with Crippen LogP contribution in [0.15, 0.2) is 42.5 Å². The van der Waals surface area contributed by atoms with Crippen molar-refractivity contribution < 1.29 is 49.0 Å². The van der Waals surface area contributed by atoms with Crippen LogP contribution in [0.1, 0.15) is 37.8 Å². The van der Waals surface area contributed by atoms with E-state index in [0.717, 1.165) is 17.8 Å². The summed E-state index contributed by atoms with van der Waals surface area (Å²) in [6.07, 6.45) is 0.880. The van der Waals surface area contributed by atoms with Crippen LogP contribution in [0.5, 0.6) is 23.0 Å². The van der Waals surface area contributed by atoms with Gasteiger partial charge in [0.15, 0.2) is 23.9 Å². The summed E-state index contributed by atoms with van der Waals surface area (Å²) in [6.45, 7) is 6.92. The van der Waals surface area contributed by atoms with Crippen molar-refractivity contribution in [3.63, 3.8) is 0 Å². The molecule has 0 spiro atoms. The van der Waals surface area contributed by atoms with Gasteiger partial charge in [-0.1, -0.05) is 0 Å². The topological polar surface area (TPSA) is 215 Å². The second-order valence-corrected chi connectivity index (χ2v) is 10.6. The molecule has 15 heteroatoms. The van der Waals surface area contributed by atoms with E-state index in [1.807, 2.05) is 43.7 Å². The van der Waals surface area contributed by atoms with E-state index in [0.29, 0.717) is 53.0 Å². The summed E-state index contributed by atoms with van der Waals surface area (Å²) in [5, 5.41) is 47.2. The summed E-state index contributed by atoms with van der Waals surface area (Å²) in [6, 6.07) is 8.50. The van der Waals surface area contributed by atoms with E-state index in [4.69, 9.17) is 24.4 Å². The molecule has 2 aliphatic heterocycles. The lowest BCUT2D eigenvalue weighted by molar-refractivity contribution is -0.134. The lowest BCUT2D eigenvalue weighted by Gasteiger charge is -2.29. The number of aliphatic hydroxyl groups is 1. The molecule has 3 aromatic rings. The first-order valence-electron chi connectivity index (χ1n) is 13.5. The first-order valence-corrected chi connectivity index (χ1v) is 13.5. The van der Waals surface area contributed by atoms with Crippen LogP contribution >= 0.6 is 0 Å². The number of aromatic hydroxyl groups is 1. The Bertz CT molecular complexity index is 1570. The predicted octanol–water partition coefficient (Wildman–Crippen LogP) is 2.22. The number of anilines is 1. The van der Waals surface area contributed by atoms with Gasteiger partial charge in [-0.3, -0.25) is 4.79 Å². The third kappa shape index (κ3) is 8.23. The molecular weight excluding hydrogens is 578 g/mol. The minimum Gasteiger partial charge on any atom is -0.508 e. The highest BCUT2D eigenvalue weighted by atomic mass is 16.7. The zero-order valence-corrected chi connectivity index (χ0v) is 24.2. The molecule has 0 saturated heterocycles. The summed E-state index contributed by atoms with van der Waals surface area (Å²) in [7, 11) is 0. The van der Waals surface area contributed by atoms with Crippen LogP contribution in [0.25, 0.3) is 11.4 Å². The van der Waals surface area contributed by atoms with Gasteiger partial charge in [-0.15, -0.1) is 0 Å². The molecule has 44 heavy (non-hydrogen) atoms. The molecule has 234 valence electrons. The number of carboxylic acids is 2. The molecule has 2 aromatic carbocycles. The Kier molecular flexibility index (Phi) is 9.70. The molecule has 0 fully saturated rings. The Labute approximate surface area is 251 Å². The van der Waals surface area contributed by atoms with Crippen LogP contribution in [0, 0.1) is 6.92 Å². The van der Waals surface area contributed by atoms with Crippen LogP contribution in [0.4, 0.5) is 5.69 Å². The number of aromatic nitrogens is 3. The number of ether oxygens (including phenoxy) is 3. The summed E-state index contributed by atoms with van der Waals surface area (Å²) in [4.78, 5) is 35.3. The van der Waals surface area contributed by atoms with Crippen molar-refractivity contribution in [2.24, 2.45) is 0 Å². The number of aliphatic carboxylic acids is 2. The Balaban J connectivity index is 0.000000488. The number of hydrogen-bond donors (Lipinski definition) is 6. The van der Waals surface area contributed by atoms with Crippen LogP contribution in [-0.2, 0) is 20.9 Å². The maximum Gasteiger partial charge on any atom is 0.328 e. The molecule has 0 saturated carbocycles. The first kappa shape index (κ1) is 31.8. The number of phenols is 1. The zero-order valence-electron chi connectivity index (χ0n) is 24.2. The number of benzene rings is 2. The normalized spacial score (nSPS) is 14.2. The van der Waals surface area contributed by atoms with Gasteiger partial charge in [0.2, 0.25) is 6.79 Å². The van der Waals surface area contributed by atoms with Crippen molar-refractivity contribution in [1.29, 1.82) is 0 Å². The molecule has 0 bridgehead atoms. The molecule has 6 N–H and O–H groups in total. The SMILES string of the molecule is Cc1nc(-c2ccc3c(c2)OCO3)nn1CCC(C)(C)NCC(O)c1cc(O)cc2c1OCC(=O)N2.O=C(O)C=CC(=O)O. The van der Waals surface area contributed by atoms with E-state index >= 15 is 0 Å². The van der Waals surface area contributed by atoms with Gasteiger partial charge in [-0.05, 0) is 51.5 Å². The van der Waals surface area contributed by atoms with Crippen molar-refractivity contribution >= 4 is 23.5 Å². The molecule has 1 atom stereocenters. The highest BCUT2D eigenvalue weighted by Crippen LogP contribution is 2.39. The van der Waals surface area contributed by atoms with E-state index in [2.05, 4.69) is 20.7 Å². The number of rotatable bonds is 10. The summed E-state index contributed by atoms with van der Waals surface area (Å²) in [5.41, 5.74) is 1.27. The number of fused-ring (bicyclic) bond motifs is 2. The molecule has 1 unspecified atom stereocenters. The summed E-state index contributed by atoms with van der Waals surface area (Å²) in [5.74, 6) is 0.301. The van der Waals surface area contributed by atoms with E-state index in [1.54, 1.807) is 0 Å². The number of carbonyl (C=O) groups is 3. The number of carbonyl (C=O) groups excluding carboxylic acids is 1. The number of hydrogen-bond acceptors (Lipinski definition) is 11. The number of aryl methyl sites for hydroxylation is 2. The molecule has 2 aliphatic rings. The van der Waals surface area contributed by atoms with Gasteiger partial charge in [0.25, 0.3) is 5.91 Å². The molecular formula is C29H33N5O10. The van der Waals surface area contributed by atoms with E-state index in [-0.39, 0.29) is 37.1 Å². The fraction of sp³-hybridized carbons (Fsp3) is 0.345. The number of carboxylic acid groups (broad SMARTS) is 2. The number of amides is 1. The maximum absolute atomic E-state index is 11.6. The average molecular weight is 612 g/mol. The van der Waals surface area contributed by atoms with Crippen molar-refractivity contribution in [1.82, 2.24) is 20.1 Å². The van der Waals surface area contributed by atoms with Gasteiger partial charge in [0.1, 0.15) is 17.3 Å². The minimum absolute atomic E-state index is 0.0622. The molecule has 0 radical (unpaired) electrons. The monoisotopic (exact) mass is 611 g/mol. The van der Waals surface area contributed by atoms with Crippen LogP contribution < -0.4 is 24.8 Å². The van der Waals surface area contributed by atoms with Gasteiger partial charge >= 0.3 is 11.9 Å². The van der Waals surface area contributed by atoms with Crippen LogP contribution in [0.3, 0.4) is 0 Å².